The number of carbonyl (C=O) groups is 1. The Kier molecular flexibility index (Phi) is 4.73. The van der Waals surface area contributed by atoms with E-state index in [0.29, 0.717) is 12.0 Å². The highest BCUT2D eigenvalue weighted by atomic mass is 16.1. The van der Waals surface area contributed by atoms with E-state index in [1.165, 1.54) is 12.1 Å². The molecule has 0 heterocycles. The minimum Gasteiger partial charge on any atom is -0.372 e. The largest absolute Gasteiger partial charge is 0.372 e. The zero-order valence-electron chi connectivity index (χ0n) is 11.5. The molecule has 2 heteroatoms. The van der Waals surface area contributed by atoms with E-state index in [1.807, 2.05) is 18.2 Å². The molecule has 0 spiro atoms. The lowest BCUT2D eigenvalue weighted by molar-refractivity contribution is 0.112. The Balaban J connectivity index is 2.88. The number of carbonyl (C=O) groups excluding carboxylic acids is 1. The molecule has 2 nitrogen and oxygen atoms in total. The first kappa shape index (κ1) is 13.8. The van der Waals surface area contributed by atoms with E-state index in [2.05, 4.69) is 39.6 Å². The Morgan fingerprint density at radius 1 is 1.29 bits per heavy atom. The lowest BCUT2D eigenvalue weighted by atomic mass is 10.0. The number of anilines is 1. The van der Waals surface area contributed by atoms with E-state index in [1.54, 1.807) is 0 Å². The van der Waals surface area contributed by atoms with E-state index in [0.717, 1.165) is 17.4 Å². The van der Waals surface area contributed by atoms with E-state index < -0.39 is 0 Å². The van der Waals surface area contributed by atoms with Gasteiger partial charge in [-0.2, -0.15) is 0 Å². The van der Waals surface area contributed by atoms with Crippen LogP contribution in [0.4, 0.5) is 5.69 Å². The van der Waals surface area contributed by atoms with Crippen LogP contribution in [0.5, 0.6) is 0 Å². The molecule has 1 rings (SSSR count). The van der Waals surface area contributed by atoms with Crippen LogP contribution in [0.25, 0.3) is 0 Å². The molecule has 0 amide bonds. The summed E-state index contributed by atoms with van der Waals surface area (Å²) < 4.78 is 0. The van der Waals surface area contributed by atoms with Gasteiger partial charge in [0.1, 0.15) is 6.29 Å². The van der Waals surface area contributed by atoms with Crippen molar-refractivity contribution in [3.05, 3.63) is 29.3 Å². The maximum atomic E-state index is 10.7. The van der Waals surface area contributed by atoms with Gasteiger partial charge in [-0.3, -0.25) is 4.79 Å². The normalized spacial score (nSPS) is 12.6. The van der Waals surface area contributed by atoms with Gasteiger partial charge in [0.05, 0.1) is 0 Å². The topological polar surface area (TPSA) is 20.3 Å². The number of hydrogen-bond donors (Lipinski definition) is 0. The highest BCUT2D eigenvalue weighted by Crippen LogP contribution is 2.23. The Morgan fingerprint density at radius 3 is 2.41 bits per heavy atom. The molecule has 0 aliphatic heterocycles. The second kappa shape index (κ2) is 5.85. The predicted octanol–water partition coefficient (Wildman–Crippen LogP) is 3.68. The molecule has 0 aromatic heterocycles. The predicted molar refractivity (Wildman–Crippen MR) is 73.9 cm³/mol. The van der Waals surface area contributed by atoms with Gasteiger partial charge in [0.15, 0.2) is 0 Å². The minimum atomic E-state index is 0.510. The molecule has 0 saturated carbocycles. The van der Waals surface area contributed by atoms with Crippen molar-refractivity contribution in [3.8, 4) is 0 Å². The van der Waals surface area contributed by atoms with Crippen molar-refractivity contribution in [3.63, 3.8) is 0 Å². The first-order valence-electron chi connectivity index (χ1n) is 6.24. The van der Waals surface area contributed by atoms with Crippen LogP contribution in [0, 0.1) is 12.8 Å². The van der Waals surface area contributed by atoms with Crippen molar-refractivity contribution in [1.82, 2.24) is 0 Å². The van der Waals surface area contributed by atoms with Gasteiger partial charge in [-0.25, -0.2) is 0 Å². The van der Waals surface area contributed by atoms with Crippen molar-refractivity contribution in [2.75, 3.05) is 11.9 Å². The summed E-state index contributed by atoms with van der Waals surface area (Å²) in [6, 6.07) is 6.38. The minimum absolute atomic E-state index is 0.510. The van der Waals surface area contributed by atoms with Crippen LogP contribution in [0.15, 0.2) is 18.2 Å². The zero-order chi connectivity index (χ0) is 13.0. The van der Waals surface area contributed by atoms with E-state index in [-0.39, 0.29) is 0 Å². The van der Waals surface area contributed by atoms with Crippen LogP contribution in [0.3, 0.4) is 0 Å². The highest BCUT2D eigenvalue weighted by Gasteiger charge is 2.13. The van der Waals surface area contributed by atoms with Gasteiger partial charge >= 0.3 is 0 Å². The second-order valence-electron chi connectivity index (χ2n) is 5.25. The summed E-state index contributed by atoms with van der Waals surface area (Å²) in [5, 5.41) is 0. The zero-order valence-corrected chi connectivity index (χ0v) is 11.5. The van der Waals surface area contributed by atoms with Crippen molar-refractivity contribution < 1.29 is 4.79 Å². The molecule has 1 unspecified atom stereocenters. The van der Waals surface area contributed by atoms with Gasteiger partial charge in [0.2, 0.25) is 0 Å². The number of benzene rings is 1. The molecule has 0 saturated heterocycles. The summed E-state index contributed by atoms with van der Waals surface area (Å²) in [7, 11) is 2.12. The molecule has 17 heavy (non-hydrogen) atoms. The fraction of sp³-hybridized carbons (Fsp3) is 0.533. The number of rotatable bonds is 5. The quantitative estimate of drug-likeness (QED) is 0.723. The molecule has 1 aromatic rings. The first-order chi connectivity index (χ1) is 7.95. The lowest BCUT2D eigenvalue weighted by Gasteiger charge is -2.29. The molecule has 0 radical (unpaired) electrons. The Bertz CT molecular complexity index is 385. The lowest BCUT2D eigenvalue weighted by Crippen LogP contribution is -2.30. The monoisotopic (exact) mass is 233 g/mol. The standard InChI is InChI=1S/C15H23NO/c1-11(2)8-13(4)16(5)15-7-6-14(10-17)9-12(15)3/h6-7,9-11,13H,8H2,1-5H3. The number of aldehydes is 1. The second-order valence-corrected chi connectivity index (χ2v) is 5.25. The van der Waals surface area contributed by atoms with E-state index >= 15 is 0 Å². The smallest absolute Gasteiger partial charge is 0.150 e. The molecule has 94 valence electrons. The number of hydrogen-bond acceptors (Lipinski definition) is 2. The number of nitrogens with zero attached hydrogens (tertiary/aromatic N) is 1. The van der Waals surface area contributed by atoms with Crippen molar-refractivity contribution in [2.24, 2.45) is 5.92 Å². The van der Waals surface area contributed by atoms with Gasteiger partial charge in [0, 0.05) is 24.3 Å². The van der Waals surface area contributed by atoms with Crippen LogP contribution in [-0.4, -0.2) is 19.4 Å². The van der Waals surface area contributed by atoms with E-state index in [9.17, 15) is 4.79 Å². The molecule has 0 N–H and O–H groups in total. The summed E-state index contributed by atoms with van der Waals surface area (Å²) in [5.74, 6) is 0.696. The summed E-state index contributed by atoms with van der Waals surface area (Å²) in [6.07, 6.45) is 2.07. The van der Waals surface area contributed by atoms with Crippen LogP contribution in [0.1, 0.15) is 43.1 Å². The summed E-state index contributed by atoms with van der Waals surface area (Å²) in [6.45, 7) is 8.79. The molecule has 0 bridgehead atoms. The van der Waals surface area contributed by atoms with Crippen LogP contribution in [0.2, 0.25) is 0 Å². The van der Waals surface area contributed by atoms with Crippen LogP contribution in [-0.2, 0) is 0 Å². The summed E-state index contributed by atoms with van der Waals surface area (Å²) >= 11 is 0. The fourth-order valence-corrected chi connectivity index (χ4v) is 2.23. The third-order valence-corrected chi connectivity index (χ3v) is 3.21. The maximum Gasteiger partial charge on any atom is 0.150 e. The molecule has 0 aliphatic carbocycles. The van der Waals surface area contributed by atoms with E-state index in [4.69, 9.17) is 0 Å². The summed E-state index contributed by atoms with van der Waals surface area (Å²) in [4.78, 5) is 13.0. The molecular formula is C15H23NO. The Labute approximate surface area is 105 Å². The van der Waals surface area contributed by atoms with Gasteiger partial charge in [-0.05, 0) is 49.9 Å². The Hall–Kier alpha value is -1.31. The third-order valence-electron chi connectivity index (χ3n) is 3.21. The molecular weight excluding hydrogens is 210 g/mol. The fourth-order valence-electron chi connectivity index (χ4n) is 2.23. The molecule has 0 fully saturated rings. The molecule has 1 aromatic carbocycles. The van der Waals surface area contributed by atoms with Crippen LogP contribution >= 0.6 is 0 Å². The van der Waals surface area contributed by atoms with Crippen molar-refractivity contribution in [1.29, 1.82) is 0 Å². The van der Waals surface area contributed by atoms with Crippen LogP contribution < -0.4 is 4.90 Å². The Morgan fingerprint density at radius 2 is 1.94 bits per heavy atom. The highest BCUT2D eigenvalue weighted by molar-refractivity contribution is 5.76. The SMILES string of the molecule is Cc1cc(C=O)ccc1N(C)C(C)CC(C)C. The molecule has 1 atom stereocenters. The number of aryl methyl sites for hydroxylation is 1. The van der Waals surface area contributed by atoms with Gasteiger partial charge < -0.3 is 4.90 Å². The first-order valence-corrected chi connectivity index (χ1v) is 6.24. The third kappa shape index (κ3) is 3.58. The van der Waals surface area contributed by atoms with Crippen molar-refractivity contribution >= 4 is 12.0 Å². The van der Waals surface area contributed by atoms with Gasteiger partial charge in [0.25, 0.3) is 0 Å². The van der Waals surface area contributed by atoms with Gasteiger partial charge in [-0.15, -0.1) is 0 Å². The van der Waals surface area contributed by atoms with Crippen molar-refractivity contribution in [2.45, 2.75) is 40.2 Å². The van der Waals surface area contributed by atoms with Gasteiger partial charge in [-0.1, -0.05) is 13.8 Å². The molecule has 0 aliphatic rings. The maximum absolute atomic E-state index is 10.7. The average Bonchev–Trinajstić information content (AvgIpc) is 2.27. The summed E-state index contributed by atoms with van der Waals surface area (Å²) in [5.41, 5.74) is 3.12. The average molecular weight is 233 g/mol.